The van der Waals surface area contributed by atoms with Crippen molar-refractivity contribution in [1.82, 2.24) is 5.32 Å². The number of anilines is 2. The Bertz CT molecular complexity index is 1040. The van der Waals surface area contributed by atoms with Crippen LogP contribution in [0.3, 0.4) is 0 Å². The van der Waals surface area contributed by atoms with Crippen LogP contribution in [-0.2, 0) is 25.2 Å². The quantitative estimate of drug-likeness (QED) is 0.541. The van der Waals surface area contributed by atoms with Gasteiger partial charge in [0, 0.05) is 33.2 Å². The minimum absolute atomic E-state index is 0.0846. The molecule has 2 aromatic carbocycles. The summed E-state index contributed by atoms with van der Waals surface area (Å²) in [6, 6.07) is 10.8. The van der Waals surface area contributed by atoms with Gasteiger partial charge in [0.2, 0.25) is 17.7 Å². The maximum Gasteiger partial charge on any atom is 0.243 e. The summed E-state index contributed by atoms with van der Waals surface area (Å²) in [6.07, 6.45) is 3.91. The molecule has 34 heavy (non-hydrogen) atoms. The van der Waals surface area contributed by atoms with Gasteiger partial charge in [-0.1, -0.05) is 24.4 Å². The summed E-state index contributed by atoms with van der Waals surface area (Å²) < 4.78 is 25.6. The van der Waals surface area contributed by atoms with Crippen molar-refractivity contribution in [1.29, 1.82) is 0 Å². The Balaban J connectivity index is 1.66. The van der Waals surface area contributed by atoms with Crippen LogP contribution in [0.15, 0.2) is 48.5 Å². The van der Waals surface area contributed by atoms with Gasteiger partial charge >= 0.3 is 0 Å². The lowest BCUT2D eigenvalue weighted by Gasteiger charge is -2.29. The zero-order valence-corrected chi connectivity index (χ0v) is 20.3. The summed E-state index contributed by atoms with van der Waals surface area (Å²) in [5.41, 5.74) is 0.797. The van der Waals surface area contributed by atoms with Crippen molar-refractivity contribution in [2.75, 3.05) is 21.7 Å². The van der Waals surface area contributed by atoms with Crippen LogP contribution >= 0.6 is 11.6 Å². The zero-order chi connectivity index (χ0) is 24.7. The number of hydrogen-bond donors (Lipinski definition) is 2. The fourth-order valence-corrected chi connectivity index (χ4v) is 4.84. The van der Waals surface area contributed by atoms with E-state index < -0.39 is 46.0 Å². The number of rotatable bonds is 9. The molecule has 10 heteroatoms. The van der Waals surface area contributed by atoms with E-state index >= 15 is 0 Å². The molecule has 0 spiro atoms. The van der Waals surface area contributed by atoms with Crippen LogP contribution < -0.4 is 15.5 Å². The molecule has 182 valence electrons. The summed E-state index contributed by atoms with van der Waals surface area (Å²) in [6.45, 7) is 1.61. The van der Waals surface area contributed by atoms with Gasteiger partial charge < -0.3 is 10.6 Å². The largest absolute Gasteiger partial charge is 0.352 e. The molecular weight excluding hydrogens is 481 g/mol. The molecule has 1 aliphatic rings. The van der Waals surface area contributed by atoms with Gasteiger partial charge in [-0.2, -0.15) is 0 Å². The first kappa shape index (κ1) is 25.8. The standard InChI is InChI=1S/C24H27ClFN3O4S/c1-16(24(32)28-19-4-2-3-5-19)29(21-12-6-17(25)7-13-21)23(31)15-34(33)14-22(30)27-20-10-8-18(26)9-11-20/h6-13,16,19H,2-5,14-15H2,1H3,(H,27,30)(H,28,32)/t16-,34-/m0/s1. The van der Waals surface area contributed by atoms with Gasteiger partial charge in [0.1, 0.15) is 23.4 Å². The zero-order valence-electron chi connectivity index (χ0n) is 18.8. The normalized spacial score (nSPS) is 15.4. The SMILES string of the molecule is C[C@@H](C(=O)NC1CCCC1)N(C(=O)C[S@@](=O)CC(=O)Nc1ccc(F)cc1)c1ccc(Cl)cc1. The lowest BCUT2D eigenvalue weighted by Crippen LogP contribution is -2.51. The molecule has 0 aromatic heterocycles. The highest BCUT2D eigenvalue weighted by Gasteiger charge is 2.30. The van der Waals surface area contributed by atoms with E-state index in [1.54, 1.807) is 31.2 Å². The lowest BCUT2D eigenvalue weighted by atomic mass is 10.1. The van der Waals surface area contributed by atoms with Gasteiger partial charge in [0.05, 0.1) is 0 Å². The molecule has 0 radical (unpaired) electrons. The smallest absolute Gasteiger partial charge is 0.243 e. The molecule has 1 fully saturated rings. The summed E-state index contributed by atoms with van der Waals surface area (Å²) in [7, 11) is -1.83. The Morgan fingerprint density at radius 1 is 1.06 bits per heavy atom. The summed E-state index contributed by atoms with van der Waals surface area (Å²) in [4.78, 5) is 39.5. The molecule has 1 saturated carbocycles. The van der Waals surface area contributed by atoms with Crippen LogP contribution in [0.25, 0.3) is 0 Å². The fourth-order valence-electron chi connectivity index (χ4n) is 3.83. The van der Waals surface area contributed by atoms with E-state index in [4.69, 9.17) is 11.6 Å². The number of halogens is 2. The number of nitrogens with zero attached hydrogens (tertiary/aromatic N) is 1. The van der Waals surface area contributed by atoms with Crippen LogP contribution in [0.2, 0.25) is 5.02 Å². The molecule has 0 bridgehead atoms. The molecule has 0 unspecified atom stereocenters. The van der Waals surface area contributed by atoms with Crippen LogP contribution in [0.4, 0.5) is 15.8 Å². The minimum Gasteiger partial charge on any atom is -0.352 e. The molecule has 3 rings (SSSR count). The van der Waals surface area contributed by atoms with Crippen molar-refractivity contribution in [2.45, 2.75) is 44.7 Å². The highest BCUT2D eigenvalue weighted by molar-refractivity contribution is 7.86. The first-order valence-corrected chi connectivity index (χ1v) is 12.9. The summed E-state index contributed by atoms with van der Waals surface area (Å²) in [5.74, 6) is -2.72. The molecule has 2 aromatic rings. The van der Waals surface area contributed by atoms with Crippen molar-refractivity contribution in [3.8, 4) is 0 Å². The Hall–Kier alpha value is -2.78. The van der Waals surface area contributed by atoms with Crippen molar-refractivity contribution in [3.05, 3.63) is 59.4 Å². The van der Waals surface area contributed by atoms with Gasteiger partial charge in [0.25, 0.3) is 0 Å². The van der Waals surface area contributed by atoms with Crippen molar-refractivity contribution >= 4 is 51.5 Å². The molecule has 7 nitrogen and oxygen atoms in total. The lowest BCUT2D eigenvalue weighted by molar-refractivity contribution is -0.125. The van der Waals surface area contributed by atoms with E-state index in [2.05, 4.69) is 10.6 Å². The van der Waals surface area contributed by atoms with E-state index in [9.17, 15) is 23.0 Å². The predicted octanol–water partition coefficient (Wildman–Crippen LogP) is 3.65. The number of amides is 3. The number of hydrogen-bond acceptors (Lipinski definition) is 4. The van der Waals surface area contributed by atoms with Gasteiger partial charge in [-0.25, -0.2) is 4.39 Å². The van der Waals surface area contributed by atoms with Crippen molar-refractivity contribution in [2.24, 2.45) is 0 Å². The number of benzene rings is 2. The van der Waals surface area contributed by atoms with E-state index in [0.717, 1.165) is 25.7 Å². The molecule has 2 N–H and O–H groups in total. The second kappa shape index (κ2) is 12.1. The number of nitrogens with one attached hydrogen (secondary N) is 2. The van der Waals surface area contributed by atoms with Crippen molar-refractivity contribution < 1.29 is 23.0 Å². The highest BCUT2D eigenvalue weighted by Crippen LogP contribution is 2.22. The highest BCUT2D eigenvalue weighted by atomic mass is 35.5. The third-order valence-corrected chi connectivity index (χ3v) is 6.95. The third-order valence-electron chi connectivity index (χ3n) is 5.55. The molecule has 0 saturated heterocycles. The van der Waals surface area contributed by atoms with Gasteiger partial charge in [-0.3, -0.25) is 23.5 Å². The number of carbonyl (C=O) groups excluding carboxylic acids is 3. The Morgan fingerprint density at radius 2 is 1.68 bits per heavy atom. The van der Waals surface area contributed by atoms with E-state index in [0.29, 0.717) is 16.4 Å². The van der Waals surface area contributed by atoms with Crippen molar-refractivity contribution in [3.63, 3.8) is 0 Å². The first-order valence-electron chi connectivity index (χ1n) is 11.0. The van der Waals surface area contributed by atoms with E-state index in [1.807, 2.05) is 0 Å². The average molecular weight is 508 g/mol. The van der Waals surface area contributed by atoms with E-state index in [-0.39, 0.29) is 11.9 Å². The molecule has 2 atom stereocenters. The minimum atomic E-state index is -1.83. The summed E-state index contributed by atoms with van der Waals surface area (Å²) in [5, 5.41) is 5.98. The molecule has 3 amide bonds. The molecule has 0 aliphatic heterocycles. The maximum atomic E-state index is 13.1. The Labute approximate surface area is 205 Å². The van der Waals surface area contributed by atoms with Crippen LogP contribution in [-0.4, -0.2) is 45.5 Å². The fraction of sp³-hybridized carbons (Fsp3) is 0.375. The third kappa shape index (κ3) is 7.36. The van der Waals surface area contributed by atoms with Gasteiger partial charge in [-0.05, 0) is 68.3 Å². The molecular formula is C24H27ClFN3O4S. The Morgan fingerprint density at radius 3 is 2.29 bits per heavy atom. The molecule has 0 heterocycles. The second-order valence-corrected chi connectivity index (χ2v) is 10.1. The monoisotopic (exact) mass is 507 g/mol. The average Bonchev–Trinajstić information content (AvgIpc) is 3.29. The van der Waals surface area contributed by atoms with Crippen LogP contribution in [0.5, 0.6) is 0 Å². The number of carbonyl (C=O) groups is 3. The summed E-state index contributed by atoms with van der Waals surface area (Å²) >= 11 is 5.97. The second-order valence-electron chi connectivity index (χ2n) is 8.19. The van der Waals surface area contributed by atoms with Crippen LogP contribution in [0, 0.1) is 5.82 Å². The molecule has 1 aliphatic carbocycles. The topological polar surface area (TPSA) is 95.6 Å². The maximum absolute atomic E-state index is 13.1. The van der Waals surface area contributed by atoms with Gasteiger partial charge in [-0.15, -0.1) is 0 Å². The Kier molecular flexibility index (Phi) is 9.18. The van der Waals surface area contributed by atoms with Gasteiger partial charge in [0.15, 0.2) is 0 Å². The van der Waals surface area contributed by atoms with E-state index in [1.165, 1.54) is 29.2 Å². The van der Waals surface area contributed by atoms with Crippen LogP contribution in [0.1, 0.15) is 32.6 Å². The first-order chi connectivity index (χ1) is 16.2. The predicted molar refractivity (Wildman–Crippen MR) is 132 cm³/mol.